The highest BCUT2D eigenvalue weighted by atomic mass is 15.3. The van der Waals surface area contributed by atoms with Crippen LogP contribution in [-0.2, 0) is 13.0 Å². The lowest BCUT2D eigenvalue weighted by atomic mass is 9.99. The predicted octanol–water partition coefficient (Wildman–Crippen LogP) is 5.58. The molecule has 120 valence electrons. The Labute approximate surface area is 133 Å². The molecular formula is C20H36N+. The lowest BCUT2D eigenvalue weighted by Crippen LogP contribution is -2.38. The largest absolute Gasteiger partial charge is 0.325 e. The van der Waals surface area contributed by atoms with Crippen LogP contribution in [0.15, 0.2) is 24.3 Å². The molecule has 0 atom stereocenters. The van der Waals surface area contributed by atoms with Crippen molar-refractivity contribution in [1.29, 1.82) is 0 Å². The minimum Gasteiger partial charge on any atom is -0.325 e. The van der Waals surface area contributed by atoms with Gasteiger partial charge in [0.2, 0.25) is 0 Å². The molecule has 0 saturated heterocycles. The fraction of sp³-hybridized carbons (Fsp3) is 0.700. The average molecular weight is 291 g/mol. The van der Waals surface area contributed by atoms with Crippen LogP contribution in [0.5, 0.6) is 0 Å². The van der Waals surface area contributed by atoms with Gasteiger partial charge < -0.3 is 4.48 Å². The smallest absolute Gasteiger partial charge is 0.104 e. The lowest BCUT2D eigenvalue weighted by molar-refractivity contribution is -0.901. The minimum absolute atomic E-state index is 1.08. The molecule has 0 aliphatic rings. The second-order valence-corrected chi connectivity index (χ2v) is 7.05. The maximum atomic E-state index is 2.34. The molecule has 0 saturated carbocycles. The van der Waals surface area contributed by atoms with Gasteiger partial charge in [-0.3, -0.25) is 0 Å². The van der Waals surface area contributed by atoms with Crippen LogP contribution in [-0.4, -0.2) is 25.1 Å². The summed E-state index contributed by atoms with van der Waals surface area (Å²) >= 11 is 0. The number of nitrogens with zero attached hydrogens (tertiary/aromatic N) is 1. The van der Waals surface area contributed by atoms with E-state index in [-0.39, 0.29) is 0 Å². The van der Waals surface area contributed by atoms with Gasteiger partial charge in [-0.2, -0.15) is 0 Å². The molecule has 21 heavy (non-hydrogen) atoms. The highest BCUT2D eigenvalue weighted by Gasteiger charge is 2.14. The molecule has 0 amide bonds. The predicted molar refractivity (Wildman–Crippen MR) is 94.5 cm³/mol. The van der Waals surface area contributed by atoms with Gasteiger partial charge >= 0.3 is 0 Å². The van der Waals surface area contributed by atoms with E-state index in [4.69, 9.17) is 0 Å². The Morgan fingerprint density at radius 1 is 0.762 bits per heavy atom. The first kappa shape index (κ1) is 18.2. The molecule has 0 aliphatic heterocycles. The summed E-state index contributed by atoms with van der Waals surface area (Å²) in [6, 6.07) is 9.06. The molecule has 0 aliphatic carbocycles. The van der Waals surface area contributed by atoms with Crippen LogP contribution >= 0.6 is 0 Å². The SMILES string of the molecule is CCCCCCCCCc1ccccc1C[N+](C)(C)CC. The zero-order valence-electron chi connectivity index (χ0n) is 14.8. The maximum Gasteiger partial charge on any atom is 0.104 e. The van der Waals surface area contributed by atoms with E-state index in [9.17, 15) is 0 Å². The van der Waals surface area contributed by atoms with E-state index in [0.717, 1.165) is 11.0 Å². The highest BCUT2D eigenvalue weighted by molar-refractivity contribution is 5.26. The molecule has 0 bridgehead atoms. The van der Waals surface area contributed by atoms with Crippen molar-refractivity contribution in [2.24, 2.45) is 0 Å². The second kappa shape index (κ2) is 10.00. The quantitative estimate of drug-likeness (QED) is 0.369. The zero-order valence-corrected chi connectivity index (χ0v) is 14.8. The van der Waals surface area contributed by atoms with E-state index in [1.54, 1.807) is 11.1 Å². The van der Waals surface area contributed by atoms with Crippen LogP contribution in [0, 0.1) is 0 Å². The molecule has 1 rings (SSSR count). The first-order chi connectivity index (χ1) is 10.1. The van der Waals surface area contributed by atoms with Gasteiger partial charge in [-0.25, -0.2) is 0 Å². The Morgan fingerprint density at radius 3 is 1.95 bits per heavy atom. The molecule has 0 radical (unpaired) electrons. The fourth-order valence-corrected chi connectivity index (χ4v) is 2.80. The Hall–Kier alpha value is -0.820. The van der Waals surface area contributed by atoms with Crippen LogP contribution < -0.4 is 0 Å². The van der Waals surface area contributed by atoms with Gasteiger partial charge in [0.05, 0.1) is 20.6 Å². The first-order valence-corrected chi connectivity index (χ1v) is 8.98. The average Bonchev–Trinajstić information content (AvgIpc) is 2.47. The Bertz CT molecular complexity index is 381. The summed E-state index contributed by atoms with van der Waals surface area (Å²) in [7, 11) is 4.65. The fourth-order valence-electron chi connectivity index (χ4n) is 2.80. The topological polar surface area (TPSA) is 0 Å². The maximum absolute atomic E-state index is 2.34. The summed E-state index contributed by atoms with van der Waals surface area (Å²) in [5.74, 6) is 0. The number of hydrogen-bond acceptors (Lipinski definition) is 0. The number of unbranched alkanes of at least 4 members (excludes halogenated alkanes) is 6. The molecule has 0 heterocycles. The van der Waals surface area contributed by atoms with E-state index in [1.165, 1.54) is 57.9 Å². The molecule has 1 nitrogen and oxygen atoms in total. The molecule has 0 aromatic heterocycles. The molecule has 1 aromatic carbocycles. The number of aryl methyl sites for hydroxylation is 1. The number of quaternary nitrogens is 1. The Balaban J connectivity index is 2.38. The summed E-state index contributed by atoms with van der Waals surface area (Å²) in [6.07, 6.45) is 11.0. The van der Waals surface area contributed by atoms with Crippen molar-refractivity contribution in [2.75, 3.05) is 20.6 Å². The summed E-state index contributed by atoms with van der Waals surface area (Å²) < 4.78 is 1.08. The highest BCUT2D eigenvalue weighted by Crippen LogP contribution is 2.17. The lowest BCUT2D eigenvalue weighted by Gasteiger charge is -2.29. The van der Waals surface area contributed by atoms with Crippen molar-refractivity contribution in [3.8, 4) is 0 Å². The van der Waals surface area contributed by atoms with E-state index in [2.05, 4.69) is 52.2 Å². The summed E-state index contributed by atoms with van der Waals surface area (Å²) in [5, 5.41) is 0. The van der Waals surface area contributed by atoms with E-state index >= 15 is 0 Å². The van der Waals surface area contributed by atoms with Gasteiger partial charge in [0.15, 0.2) is 0 Å². The summed E-state index contributed by atoms with van der Waals surface area (Å²) in [4.78, 5) is 0. The van der Waals surface area contributed by atoms with E-state index in [0.29, 0.717) is 0 Å². The first-order valence-electron chi connectivity index (χ1n) is 8.98. The van der Waals surface area contributed by atoms with Gasteiger partial charge in [-0.1, -0.05) is 69.7 Å². The normalized spacial score (nSPS) is 11.8. The molecule has 0 spiro atoms. The molecule has 0 fully saturated rings. The van der Waals surface area contributed by atoms with Crippen molar-refractivity contribution >= 4 is 0 Å². The van der Waals surface area contributed by atoms with Crippen LogP contribution in [0.3, 0.4) is 0 Å². The standard InChI is InChI=1S/C20H36N/c1-5-7-8-9-10-11-12-15-19-16-13-14-17-20(19)18-21(3,4)6-2/h13-14,16-17H,5-12,15,18H2,1-4H3/q+1. The van der Waals surface area contributed by atoms with Gasteiger partial charge in [0, 0.05) is 5.56 Å². The third-order valence-electron chi connectivity index (χ3n) is 4.62. The van der Waals surface area contributed by atoms with Crippen molar-refractivity contribution < 1.29 is 4.48 Å². The van der Waals surface area contributed by atoms with Crippen LogP contribution in [0.1, 0.15) is 69.9 Å². The van der Waals surface area contributed by atoms with Crippen LogP contribution in [0.2, 0.25) is 0 Å². The van der Waals surface area contributed by atoms with Gasteiger partial charge in [-0.15, -0.1) is 0 Å². The molecular weight excluding hydrogens is 254 g/mol. The summed E-state index contributed by atoms with van der Waals surface area (Å²) in [6.45, 7) is 6.90. The second-order valence-electron chi connectivity index (χ2n) is 7.05. The van der Waals surface area contributed by atoms with Crippen LogP contribution in [0.25, 0.3) is 0 Å². The third-order valence-corrected chi connectivity index (χ3v) is 4.62. The minimum atomic E-state index is 1.08. The monoisotopic (exact) mass is 290 g/mol. The number of rotatable bonds is 11. The Morgan fingerprint density at radius 2 is 1.33 bits per heavy atom. The van der Waals surface area contributed by atoms with E-state index < -0.39 is 0 Å². The van der Waals surface area contributed by atoms with Gasteiger partial charge in [0.1, 0.15) is 6.54 Å². The van der Waals surface area contributed by atoms with Crippen molar-refractivity contribution in [3.63, 3.8) is 0 Å². The van der Waals surface area contributed by atoms with Gasteiger partial charge in [-0.05, 0) is 25.3 Å². The van der Waals surface area contributed by atoms with Crippen LogP contribution in [0.4, 0.5) is 0 Å². The number of benzene rings is 1. The van der Waals surface area contributed by atoms with Crippen molar-refractivity contribution in [1.82, 2.24) is 0 Å². The van der Waals surface area contributed by atoms with E-state index in [1.807, 2.05) is 0 Å². The molecule has 1 aromatic rings. The molecule has 1 heteroatoms. The van der Waals surface area contributed by atoms with Gasteiger partial charge in [0.25, 0.3) is 0 Å². The molecule has 0 N–H and O–H groups in total. The summed E-state index contributed by atoms with van der Waals surface area (Å²) in [5.41, 5.74) is 3.13. The molecule has 0 unspecified atom stereocenters. The number of hydrogen-bond donors (Lipinski definition) is 0. The third kappa shape index (κ3) is 7.66. The van der Waals surface area contributed by atoms with Crippen molar-refractivity contribution in [2.45, 2.75) is 71.8 Å². The Kier molecular flexibility index (Phi) is 8.68. The van der Waals surface area contributed by atoms with Crippen molar-refractivity contribution in [3.05, 3.63) is 35.4 Å². The zero-order chi connectivity index (χ0) is 15.6.